The van der Waals surface area contributed by atoms with Gasteiger partial charge in [0.1, 0.15) is 0 Å². The number of nitrogens with zero attached hydrogens (tertiary/aromatic N) is 1. The standard InChI is InChI=1S/C15H16Cl2N2/c1-10-9-19-7-6-12(10)14(18-2)8-11-4-3-5-13(16)15(11)17/h3-7,9,14,18H,8H2,1-2H3. The number of hydrogen-bond acceptors (Lipinski definition) is 2. The predicted molar refractivity (Wildman–Crippen MR) is 80.9 cm³/mol. The van der Waals surface area contributed by atoms with Crippen molar-refractivity contribution in [3.05, 3.63) is 63.4 Å². The summed E-state index contributed by atoms with van der Waals surface area (Å²) in [6.07, 6.45) is 4.48. The van der Waals surface area contributed by atoms with Crippen LogP contribution < -0.4 is 5.32 Å². The minimum absolute atomic E-state index is 0.193. The number of nitrogens with one attached hydrogen (secondary N) is 1. The van der Waals surface area contributed by atoms with Crippen molar-refractivity contribution in [2.45, 2.75) is 19.4 Å². The molecule has 0 amide bonds. The Balaban J connectivity index is 2.30. The molecule has 0 spiro atoms. The van der Waals surface area contributed by atoms with Crippen LogP contribution in [-0.4, -0.2) is 12.0 Å². The first-order valence-corrected chi connectivity index (χ1v) is 6.89. The van der Waals surface area contributed by atoms with Gasteiger partial charge in [-0.3, -0.25) is 4.98 Å². The summed E-state index contributed by atoms with van der Waals surface area (Å²) in [5, 5.41) is 4.56. The monoisotopic (exact) mass is 294 g/mol. The van der Waals surface area contributed by atoms with Gasteiger partial charge in [-0.1, -0.05) is 35.3 Å². The Kier molecular flexibility index (Phi) is 4.81. The maximum absolute atomic E-state index is 6.25. The van der Waals surface area contributed by atoms with Crippen LogP contribution in [0.5, 0.6) is 0 Å². The fraction of sp³-hybridized carbons (Fsp3) is 0.267. The van der Waals surface area contributed by atoms with Gasteiger partial charge in [0.25, 0.3) is 0 Å². The molecule has 0 saturated heterocycles. The number of aromatic nitrogens is 1. The smallest absolute Gasteiger partial charge is 0.0624 e. The molecule has 4 heteroatoms. The zero-order chi connectivity index (χ0) is 13.8. The van der Waals surface area contributed by atoms with Gasteiger partial charge in [0, 0.05) is 18.4 Å². The largest absolute Gasteiger partial charge is 0.313 e. The third-order valence-electron chi connectivity index (χ3n) is 3.24. The fourth-order valence-corrected chi connectivity index (χ4v) is 2.57. The molecule has 1 N–H and O–H groups in total. The van der Waals surface area contributed by atoms with Crippen LogP contribution >= 0.6 is 23.2 Å². The molecule has 2 nitrogen and oxygen atoms in total. The molecule has 1 heterocycles. The first kappa shape index (κ1) is 14.3. The minimum atomic E-state index is 0.193. The quantitative estimate of drug-likeness (QED) is 0.914. The second-order valence-corrected chi connectivity index (χ2v) is 5.28. The topological polar surface area (TPSA) is 24.9 Å². The van der Waals surface area contributed by atoms with Crippen LogP contribution in [0, 0.1) is 6.92 Å². The Hall–Kier alpha value is -1.09. The van der Waals surface area contributed by atoms with E-state index in [1.165, 1.54) is 11.1 Å². The van der Waals surface area contributed by atoms with Crippen molar-refractivity contribution >= 4 is 23.2 Å². The average Bonchev–Trinajstić information content (AvgIpc) is 2.41. The summed E-state index contributed by atoms with van der Waals surface area (Å²) in [5.41, 5.74) is 3.44. The van der Waals surface area contributed by atoms with E-state index in [0.717, 1.165) is 12.0 Å². The number of halogens is 2. The molecular formula is C15H16Cl2N2. The van der Waals surface area contributed by atoms with E-state index in [-0.39, 0.29) is 6.04 Å². The van der Waals surface area contributed by atoms with Crippen LogP contribution in [0.3, 0.4) is 0 Å². The van der Waals surface area contributed by atoms with E-state index in [1.807, 2.05) is 37.6 Å². The maximum Gasteiger partial charge on any atom is 0.0624 e. The van der Waals surface area contributed by atoms with Gasteiger partial charge in [-0.15, -0.1) is 0 Å². The van der Waals surface area contributed by atoms with E-state index in [4.69, 9.17) is 23.2 Å². The average molecular weight is 295 g/mol. The number of benzene rings is 1. The maximum atomic E-state index is 6.25. The number of likely N-dealkylation sites (N-methyl/N-ethyl adjacent to an activating group) is 1. The van der Waals surface area contributed by atoms with E-state index in [9.17, 15) is 0 Å². The Morgan fingerprint density at radius 2 is 2.05 bits per heavy atom. The molecule has 2 aromatic rings. The molecule has 0 bridgehead atoms. The van der Waals surface area contributed by atoms with E-state index < -0.39 is 0 Å². The molecule has 0 radical (unpaired) electrons. The van der Waals surface area contributed by atoms with Gasteiger partial charge in [-0.05, 0) is 49.2 Å². The summed E-state index contributed by atoms with van der Waals surface area (Å²) in [6, 6.07) is 7.97. The second kappa shape index (κ2) is 6.38. The molecule has 0 fully saturated rings. The lowest BCUT2D eigenvalue weighted by Crippen LogP contribution is -2.20. The van der Waals surface area contributed by atoms with Crippen LogP contribution in [0.1, 0.15) is 22.7 Å². The van der Waals surface area contributed by atoms with Crippen molar-refractivity contribution in [2.75, 3.05) is 7.05 Å². The molecule has 2 rings (SSSR count). The predicted octanol–water partition coefficient (Wildman–Crippen LogP) is 4.20. The SMILES string of the molecule is CNC(Cc1cccc(Cl)c1Cl)c1ccncc1C. The zero-order valence-corrected chi connectivity index (χ0v) is 12.5. The van der Waals surface area contributed by atoms with E-state index in [0.29, 0.717) is 10.0 Å². The number of aryl methyl sites for hydroxylation is 1. The zero-order valence-electron chi connectivity index (χ0n) is 11.0. The normalized spacial score (nSPS) is 12.4. The highest BCUT2D eigenvalue weighted by Crippen LogP contribution is 2.29. The molecule has 1 aromatic carbocycles. The lowest BCUT2D eigenvalue weighted by Gasteiger charge is -2.19. The van der Waals surface area contributed by atoms with Gasteiger partial charge in [-0.2, -0.15) is 0 Å². The van der Waals surface area contributed by atoms with Gasteiger partial charge in [-0.25, -0.2) is 0 Å². The lowest BCUT2D eigenvalue weighted by atomic mass is 9.97. The van der Waals surface area contributed by atoms with E-state index in [2.05, 4.69) is 17.2 Å². The highest BCUT2D eigenvalue weighted by atomic mass is 35.5. The highest BCUT2D eigenvalue weighted by Gasteiger charge is 2.15. The van der Waals surface area contributed by atoms with Crippen LogP contribution in [0.2, 0.25) is 10.0 Å². The molecule has 1 unspecified atom stereocenters. The lowest BCUT2D eigenvalue weighted by molar-refractivity contribution is 0.588. The van der Waals surface area contributed by atoms with Crippen molar-refractivity contribution in [2.24, 2.45) is 0 Å². The summed E-state index contributed by atoms with van der Waals surface area (Å²) in [5.74, 6) is 0. The number of pyridine rings is 1. The Morgan fingerprint density at radius 1 is 1.26 bits per heavy atom. The molecule has 100 valence electrons. The van der Waals surface area contributed by atoms with Gasteiger partial charge >= 0.3 is 0 Å². The number of hydrogen-bond donors (Lipinski definition) is 1. The molecule has 0 aliphatic rings. The summed E-state index contributed by atoms with van der Waals surface area (Å²) < 4.78 is 0. The third kappa shape index (κ3) is 3.27. The first-order chi connectivity index (χ1) is 9.13. The molecule has 1 aromatic heterocycles. The Bertz CT molecular complexity index is 570. The number of rotatable bonds is 4. The minimum Gasteiger partial charge on any atom is -0.313 e. The summed E-state index contributed by atoms with van der Waals surface area (Å²) in [7, 11) is 1.95. The molecule has 0 saturated carbocycles. The molecule has 0 aliphatic heterocycles. The van der Waals surface area contributed by atoms with Crippen LogP contribution in [0.4, 0.5) is 0 Å². The van der Waals surface area contributed by atoms with E-state index in [1.54, 1.807) is 6.07 Å². The van der Waals surface area contributed by atoms with Gasteiger partial charge in [0.05, 0.1) is 10.0 Å². The fourth-order valence-electron chi connectivity index (χ4n) is 2.17. The highest BCUT2D eigenvalue weighted by molar-refractivity contribution is 6.42. The molecule has 0 aliphatic carbocycles. The third-order valence-corrected chi connectivity index (χ3v) is 4.10. The Labute approximate surface area is 123 Å². The van der Waals surface area contributed by atoms with Gasteiger partial charge < -0.3 is 5.32 Å². The first-order valence-electron chi connectivity index (χ1n) is 6.14. The second-order valence-electron chi connectivity index (χ2n) is 4.49. The van der Waals surface area contributed by atoms with Crippen molar-refractivity contribution in [3.63, 3.8) is 0 Å². The molecule has 1 atom stereocenters. The van der Waals surface area contributed by atoms with Crippen molar-refractivity contribution in [3.8, 4) is 0 Å². The van der Waals surface area contributed by atoms with Gasteiger partial charge in [0.15, 0.2) is 0 Å². The molecule has 19 heavy (non-hydrogen) atoms. The summed E-state index contributed by atoms with van der Waals surface area (Å²) in [6.45, 7) is 2.06. The van der Waals surface area contributed by atoms with Crippen LogP contribution in [0.25, 0.3) is 0 Å². The van der Waals surface area contributed by atoms with Crippen molar-refractivity contribution in [1.82, 2.24) is 10.3 Å². The molecular weight excluding hydrogens is 279 g/mol. The van der Waals surface area contributed by atoms with Crippen LogP contribution in [-0.2, 0) is 6.42 Å². The van der Waals surface area contributed by atoms with Gasteiger partial charge in [0.2, 0.25) is 0 Å². The van der Waals surface area contributed by atoms with Crippen LogP contribution in [0.15, 0.2) is 36.7 Å². The van der Waals surface area contributed by atoms with E-state index >= 15 is 0 Å². The summed E-state index contributed by atoms with van der Waals surface area (Å²) >= 11 is 12.3. The summed E-state index contributed by atoms with van der Waals surface area (Å²) in [4.78, 5) is 4.13. The van der Waals surface area contributed by atoms with Crippen molar-refractivity contribution < 1.29 is 0 Å². The van der Waals surface area contributed by atoms with Crippen molar-refractivity contribution in [1.29, 1.82) is 0 Å². The Morgan fingerprint density at radius 3 is 2.74 bits per heavy atom.